The molecule has 1 atom stereocenters. The zero-order valence-corrected chi connectivity index (χ0v) is 13.5. The fraction of sp³-hybridized carbons (Fsp3) is 0.462. The average molecular weight is 351 g/mol. The first kappa shape index (κ1) is 18.7. The van der Waals surface area contributed by atoms with Crippen LogP contribution >= 0.6 is 12.4 Å². The van der Waals surface area contributed by atoms with Crippen molar-refractivity contribution in [2.75, 3.05) is 19.7 Å². The molecule has 1 aromatic carbocycles. The van der Waals surface area contributed by atoms with Gasteiger partial charge in [0.2, 0.25) is 10.0 Å². The fourth-order valence-electron chi connectivity index (χ4n) is 2.38. The molecule has 1 heterocycles. The number of ether oxygens (including phenoxy) is 1. The van der Waals surface area contributed by atoms with E-state index in [0.717, 1.165) is 13.0 Å². The van der Waals surface area contributed by atoms with Crippen LogP contribution in [0.15, 0.2) is 29.2 Å². The molecule has 22 heavy (non-hydrogen) atoms. The summed E-state index contributed by atoms with van der Waals surface area (Å²) in [6.07, 6.45) is 1.54. The number of hydrogen-bond acceptors (Lipinski definition) is 5. The van der Waals surface area contributed by atoms with Crippen molar-refractivity contribution >= 4 is 28.4 Å². The van der Waals surface area contributed by atoms with Crippen molar-refractivity contribution in [1.29, 1.82) is 0 Å². The normalized spacial score (nSPS) is 18.7. The van der Waals surface area contributed by atoms with Crippen molar-refractivity contribution in [2.24, 2.45) is 5.14 Å². The summed E-state index contributed by atoms with van der Waals surface area (Å²) in [6, 6.07) is 5.37. The van der Waals surface area contributed by atoms with Crippen LogP contribution in [0, 0.1) is 0 Å². The van der Waals surface area contributed by atoms with Gasteiger partial charge in [-0.1, -0.05) is 0 Å². The predicted molar refractivity (Wildman–Crippen MR) is 82.8 cm³/mol. The topological polar surface area (TPSA) is 110 Å². The monoisotopic (exact) mass is 350 g/mol. The van der Waals surface area contributed by atoms with E-state index in [2.05, 4.69) is 0 Å². The van der Waals surface area contributed by atoms with Gasteiger partial charge in [-0.15, -0.1) is 12.4 Å². The van der Waals surface area contributed by atoms with Gasteiger partial charge in [0.25, 0.3) is 0 Å². The summed E-state index contributed by atoms with van der Waals surface area (Å²) in [7, 11) is -3.70. The minimum atomic E-state index is -3.70. The lowest BCUT2D eigenvalue weighted by Crippen LogP contribution is -2.38. The molecule has 1 saturated heterocycles. The van der Waals surface area contributed by atoms with E-state index in [1.807, 2.05) is 4.90 Å². The number of nitrogens with zero attached hydrogens (tertiary/aromatic N) is 1. The van der Waals surface area contributed by atoms with Gasteiger partial charge < -0.3 is 9.84 Å². The molecule has 7 nitrogen and oxygen atoms in total. The first-order chi connectivity index (χ1) is 9.88. The number of carbonyl (C=O) groups is 1. The summed E-state index contributed by atoms with van der Waals surface area (Å²) in [5.74, 6) is -0.279. The molecule has 3 N–H and O–H groups in total. The minimum absolute atomic E-state index is 0. The molecule has 1 fully saturated rings. The lowest BCUT2D eigenvalue weighted by atomic mass is 10.2. The molecule has 124 valence electrons. The number of hydrogen-bond donors (Lipinski definition) is 2. The van der Waals surface area contributed by atoms with Crippen molar-refractivity contribution < 1.29 is 23.1 Å². The maximum Gasteiger partial charge on any atom is 0.320 e. The Kier molecular flexibility index (Phi) is 6.61. The van der Waals surface area contributed by atoms with Crippen LogP contribution in [0.3, 0.4) is 0 Å². The third kappa shape index (κ3) is 4.84. The van der Waals surface area contributed by atoms with Crippen LogP contribution in [0.4, 0.5) is 0 Å². The Morgan fingerprint density at radius 2 is 2.00 bits per heavy atom. The Labute approximate surface area is 135 Å². The number of sulfonamides is 1. The number of carboxylic acid groups (broad SMARTS) is 1. The molecule has 0 saturated carbocycles. The minimum Gasteiger partial charge on any atom is -0.492 e. The molecule has 0 aliphatic carbocycles. The third-order valence-corrected chi connectivity index (χ3v) is 4.38. The Balaban J connectivity index is 0.00000242. The van der Waals surface area contributed by atoms with Crippen LogP contribution in [-0.4, -0.2) is 50.1 Å². The standard InChI is InChI=1S/C13H18N2O5S.ClH/c14-21(18,19)11-5-3-10(4-6-11)20-9-8-15-7-1-2-12(15)13(16)17;/h3-6,12H,1-2,7-9H2,(H,16,17)(H2,14,18,19);1H. The van der Waals surface area contributed by atoms with Crippen molar-refractivity contribution in [3.8, 4) is 5.75 Å². The molecule has 0 radical (unpaired) electrons. The molecule has 9 heteroatoms. The fourth-order valence-corrected chi connectivity index (χ4v) is 2.90. The molecule has 0 amide bonds. The number of halogens is 1. The molecule has 2 rings (SSSR count). The van der Waals surface area contributed by atoms with Crippen LogP contribution in [0.1, 0.15) is 12.8 Å². The number of nitrogens with two attached hydrogens (primary N) is 1. The van der Waals surface area contributed by atoms with Crippen LogP contribution in [0.5, 0.6) is 5.75 Å². The lowest BCUT2D eigenvalue weighted by Gasteiger charge is -2.20. The van der Waals surface area contributed by atoms with Crippen molar-refractivity contribution in [3.63, 3.8) is 0 Å². The van der Waals surface area contributed by atoms with Gasteiger partial charge in [-0.2, -0.15) is 0 Å². The first-order valence-electron chi connectivity index (χ1n) is 6.60. The van der Waals surface area contributed by atoms with Crippen molar-refractivity contribution in [2.45, 2.75) is 23.8 Å². The summed E-state index contributed by atoms with van der Waals surface area (Å²) >= 11 is 0. The van der Waals surface area contributed by atoms with E-state index in [1.54, 1.807) is 0 Å². The summed E-state index contributed by atoms with van der Waals surface area (Å²) in [5, 5.41) is 14.1. The molecule has 1 aromatic rings. The summed E-state index contributed by atoms with van der Waals surface area (Å²) in [5.41, 5.74) is 0. The van der Waals surface area contributed by atoms with E-state index in [-0.39, 0.29) is 17.3 Å². The molecule has 1 aliphatic rings. The second-order valence-electron chi connectivity index (χ2n) is 4.90. The predicted octanol–water partition coefficient (Wildman–Crippen LogP) is 0.684. The molecule has 0 aromatic heterocycles. The highest BCUT2D eigenvalue weighted by Crippen LogP contribution is 2.18. The zero-order chi connectivity index (χ0) is 15.5. The highest BCUT2D eigenvalue weighted by atomic mass is 35.5. The average Bonchev–Trinajstić information content (AvgIpc) is 2.87. The largest absolute Gasteiger partial charge is 0.492 e. The second-order valence-corrected chi connectivity index (χ2v) is 6.46. The van der Waals surface area contributed by atoms with Crippen LogP contribution < -0.4 is 9.88 Å². The smallest absolute Gasteiger partial charge is 0.320 e. The van der Waals surface area contributed by atoms with Gasteiger partial charge in [0, 0.05) is 6.54 Å². The number of primary sulfonamides is 1. The van der Waals surface area contributed by atoms with Gasteiger partial charge in [0.05, 0.1) is 4.90 Å². The second kappa shape index (κ2) is 7.77. The van der Waals surface area contributed by atoms with E-state index >= 15 is 0 Å². The number of carboxylic acids is 1. The van der Waals surface area contributed by atoms with Crippen molar-refractivity contribution in [1.82, 2.24) is 4.90 Å². The molecule has 0 bridgehead atoms. The van der Waals surface area contributed by atoms with Gasteiger partial charge in [0.1, 0.15) is 18.4 Å². The quantitative estimate of drug-likeness (QED) is 0.780. The van der Waals surface area contributed by atoms with E-state index in [9.17, 15) is 13.2 Å². The maximum atomic E-state index is 11.1. The number of likely N-dealkylation sites (tertiary alicyclic amines) is 1. The summed E-state index contributed by atoms with van der Waals surface area (Å²) < 4.78 is 27.7. The van der Waals surface area contributed by atoms with Gasteiger partial charge in [0.15, 0.2) is 0 Å². The summed E-state index contributed by atoms with van der Waals surface area (Å²) in [4.78, 5) is 12.9. The Morgan fingerprint density at radius 1 is 1.36 bits per heavy atom. The van der Waals surface area contributed by atoms with Gasteiger partial charge in [-0.3, -0.25) is 9.69 Å². The lowest BCUT2D eigenvalue weighted by molar-refractivity contribution is -0.142. The van der Waals surface area contributed by atoms with E-state index in [0.29, 0.717) is 25.3 Å². The Morgan fingerprint density at radius 3 is 2.55 bits per heavy atom. The number of aliphatic carboxylic acids is 1. The number of benzene rings is 1. The van der Waals surface area contributed by atoms with E-state index in [1.165, 1.54) is 24.3 Å². The highest BCUT2D eigenvalue weighted by Gasteiger charge is 2.29. The van der Waals surface area contributed by atoms with E-state index in [4.69, 9.17) is 15.0 Å². The van der Waals surface area contributed by atoms with Crippen LogP contribution in [-0.2, 0) is 14.8 Å². The molecule has 0 spiro atoms. The maximum absolute atomic E-state index is 11.1. The SMILES string of the molecule is Cl.NS(=O)(=O)c1ccc(OCCN2CCCC2C(=O)O)cc1. The highest BCUT2D eigenvalue weighted by molar-refractivity contribution is 7.89. The molecular formula is C13H19ClN2O5S. The van der Waals surface area contributed by atoms with E-state index < -0.39 is 22.0 Å². The van der Waals surface area contributed by atoms with Crippen molar-refractivity contribution in [3.05, 3.63) is 24.3 Å². The van der Waals surface area contributed by atoms with Gasteiger partial charge in [-0.05, 0) is 43.7 Å². The molecular weight excluding hydrogens is 332 g/mol. The molecule has 1 aliphatic heterocycles. The van der Waals surface area contributed by atoms with Crippen LogP contribution in [0.2, 0.25) is 0 Å². The van der Waals surface area contributed by atoms with Gasteiger partial charge >= 0.3 is 5.97 Å². The van der Waals surface area contributed by atoms with Gasteiger partial charge in [-0.25, -0.2) is 13.6 Å². The third-order valence-electron chi connectivity index (χ3n) is 3.45. The Hall–Kier alpha value is -1.35. The van der Waals surface area contributed by atoms with Crippen LogP contribution in [0.25, 0.3) is 0 Å². The number of rotatable bonds is 6. The zero-order valence-electron chi connectivity index (χ0n) is 11.8. The first-order valence-corrected chi connectivity index (χ1v) is 8.15. The molecule has 1 unspecified atom stereocenters. The summed E-state index contributed by atoms with van der Waals surface area (Å²) in [6.45, 7) is 1.62. The Bertz CT molecular complexity index is 605.